The summed E-state index contributed by atoms with van der Waals surface area (Å²) in [5.41, 5.74) is 0.473. The molecule has 0 aromatic heterocycles. The van der Waals surface area contributed by atoms with Crippen molar-refractivity contribution in [1.29, 1.82) is 0 Å². The number of hydrogen-bond donors (Lipinski definition) is 1. The van der Waals surface area contributed by atoms with E-state index in [1.54, 1.807) is 40.7 Å². The Morgan fingerprint density at radius 2 is 1.69 bits per heavy atom. The third kappa shape index (κ3) is 5.58. The van der Waals surface area contributed by atoms with Crippen LogP contribution in [0.1, 0.15) is 39.5 Å². The molecule has 2 aromatic rings. The number of benzene rings is 2. The Labute approximate surface area is 172 Å². The number of hydrogen-bond acceptors (Lipinski definition) is 4. The zero-order chi connectivity index (χ0) is 20.9. The van der Waals surface area contributed by atoms with E-state index in [-0.39, 0.29) is 16.9 Å². The summed E-state index contributed by atoms with van der Waals surface area (Å²) in [6.45, 7) is 4.57. The van der Waals surface area contributed by atoms with Gasteiger partial charge in [-0.05, 0) is 55.2 Å². The molecule has 6 nitrogen and oxygen atoms in total. The summed E-state index contributed by atoms with van der Waals surface area (Å²) < 4.78 is 33.3. The standard InChI is InChI=1S/C22H28N2O4S/c1-17(2)16-24(19-8-6-7-9-19)29(26,27)21-14-12-18(13-15-21)23-22(25)28-20-10-4-3-5-11-20/h3-5,10-15,17,19H,6-9,16H2,1-2H3,(H,23,25). The van der Waals surface area contributed by atoms with E-state index in [0.29, 0.717) is 18.0 Å². The van der Waals surface area contributed by atoms with Crippen molar-refractivity contribution in [2.75, 3.05) is 11.9 Å². The first-order valence-electron chi connectivity index (χ1n) is 10.0. The van der Waals surface area contributed by atoms with E-state index >= 15 is 0 Å². The highest BCUT2D eigenvalue weighted by molar-refractivity contribution is 7.89. The summed E-state index contributed by atoms with van der Waals surface area (Å²) in [4.78, 5) is 12.2. The highest BCUT2D eigenvalue weighted by Gasteiger charge is 2.33. The number of sulfonamides is 1. The Morgan fingerprint density at radius 1 is 1.07 bits per heavy atom. The second kappa shape index (κ2) is 9.41. The van der Waals surface area contributed by atoms with Crippen molar-refractivity contribution in [1.82, 2.24) is 4.31 Å². The predicted molar refractivity (Wildman–Crippen MR) is 114 cm³/mol. The highest BCUT2D eigenvalue weighted by atomic mass is 32.2. The van der Waals surface area contributed by atoms with Crippen LogP contribution in [0.3, 0.4) is 0 Å². The van der Waals surface area contributed by atoms with Crippen molar-refractivity contribution in [3.8, 4) is 5.75 Å². The zero-order valence-electron chi connectivity index (χ0n) is 16.9. The van der Waals surface area contributed by atoms with Gasteiger partial charge < -0.3 is 4.74 Å². The first-order valence-corrected chi connectivity index (χ1v) is 11.5. The molecule has 0 bridgehead atoms. The lowest BCUT2D eigenvalue weighted by Crippen LogP contribution is -2.41. The van der Waals surface area contributed by atoms with Crippen LogP contribution < -0.4 is 10.1 Å². The highest BCUT2D eigenvalue weighted by Crippen LogP contribution is 2.30. The minimum Gasteiger partial charge on any atom is -0.410 e. The van der Waals surface area contributed by atoms with Gasteiger partial charge in [0.2, 0.25) is 10.0 Å². The molecule has 29 heavy (non-hydrogen) atoms. The number of carbonyl (C=O) groups is 1. The van der Waals surface area contributed by atoms with Gasteiger partial charge in [-0.25, -0.2) is 13.2 Å². The van der Waals surface area contributed by atoms with Gasteiger partial charge in [0.15, 0.2) is 0 Å². The normalized spacial score (nSPS) is 15.0. The Hall–Kier alpha value is -2.38. The largest absolute Gasteiger partial charge is 0.417 e. The Balaban J connectivity index is 1.71. The third-order valence-corrected chi connectivity index (χ3v) is 6.87. The fraction of sp³-hybridized carbons (Fsp3) is 0.409. The maximum atomic E-state index is 13.2. The quantitative estimate of drug-likeness (QED) is 0.697. The maximum Gasteiger partial charge on any atom is 0.417 e. The molecule has 156 valence electrons. The molecule has 1 aliphatic rings. The lowest BCUT2D eigenvalue weighted by atomic mass is 10.2. The summed E-state index contributed by atoms with van der Waals surface area (Å²) in [6.07, 6.45) is 3.34. The van der Waals surface area contributed by atoms with Crippen LogP contribution in [0.15, 0.2) is 59.5 Å². The van der Waals surface area contributed by atoms with Gasteiger partial charge in [0, 0.05) is 18.3 Å². The molecule has 0 saturated heterocycles. The van der Waals surface area contributed by atoms with Crippen LogP contribution in [0.4, 0.5) is 10.5 Å². The molecule has 1 amide bonds. The smallest absolute Gasteiger partial charge is 0.410 e. The van der Waals surface area contributed by atoms with Gasteiger partial charge in [-0.3, -0.25) is 5.32 Å². The number of anilines is 1. The van der Waals surface area contributed by atoms with Crippen molar-refractivity contribution in [3.05, 3.63) is 54.6 Å². The molecule has 0 unspecified atom stereocenters. The number of rotatable bonds is 7. The van der Waals surface area contributed by atoms with Gasteiger partial charge in [-0.1, -0.05) is 44.9 Å². The van der Waals surface area contributed by atoms with Gasteiger partial charge in [-0.15, -0.1) is 0 Å². The van der Waals surface area contributed by atoms with Crippen LogP contribution in [-0.2, 0) is 10.0 Å². The third-order valence-electron chi connectivity index (χ3n) is 4.94. The molecule has 1 fully saturated rings. The maximum absolute atomic E-state index is 13.2. The van der Waals surface area contributed by atoms with Crippen molar-refractivity contribution < 1.29 is 17.9 Å². The van der Waals surface area contributed by atoms with Crippen LogP contribution in [0.5, 0.6) is 5.75 Å². The van der Waals surface area contributed by atoms with E-state index in [9.17, 15) is 13.2 Å². The van der Waals surface area contributed by atoms with E-state index in [4.69, 9.17) is 4.74 Å². The minimum atomic E-state index is -3.58. The fourth-order valence-corrected chi connectivity index (χ4v) is 5.43. The lowest BCUT2D eigenvalue weighted by molar-refractivity contribution is 0.215. The Morgan fingerprint density at radius 3 is 2.28 bits per heavy atom. The van der Waals surface area contributed by atoms with Crippen LogP contribution in [0.25, 0.3) is 0 Å². The lowest BCUT2D eigenvalue weighted by Gasteiger charge is -2.29. The molecule has 1 aliphatic carbocycles. The van der Waals surface area contributed by atoms with Crippen molar-refractivity contribution in [2.24, 2.45) is 5.92 Å². The van der Waals surface area contributed by atoms with Crippen LogP contribution in [-0.4, -0.2) is 31.4 Å². The summed E-state index contributed by atoms with van der Waals surface area (Å²) in [5.74, 6) is 0.684. The predicted octanol–water partition coefficient (Wildman–Crippen LogP) is 4.89. The monoisotopic (exact) mass is 416 g/mol. The molecule has 0 heterocycles. The molecule has 3 rings (SSSR count). The van der Waals surface area contributed by atoms with Gasteiger partial charge >= 0.3 is 6.09 Å². The Kier molecular flexibility index (Phi) is 6.92. The first kappa shape index (κ1) is 21.3. The summed E-state index contributed by atoms with van der Waals surface area (Å²) >= 11 is 0. The SMILES string of the molecule is CC(C)CN(C1CCCC1)S(=O)(=O)c1ccc(NC(=O)Oc2ccccc2)cc1. The fourth-order valence-electron chi connectivity index (χ4n) is 3.58. The summed E-state index contributed by atoms with van der Waals surface area (Å²) in [7, 11) is -3.58. The minimum absolute atomic E-state index is 0.0704. The van der Waals surface area contributed by atoms with E-state index in [2.05, 4.69) is 5.32 Å². The molecular formula is C22H28N2O4S. The molecule has 0 aliphatic heterocycles. The zero-order valence-corrected chi connectivity index (χ0v) is 17.7. The molecule has 0 spiro atoms. The number of nitrogens with zero attached hydrogens (tertiary/aromatic N) is 1. The van der Waals surface area contributed by atoms with Crippen molar-refractivity contribution in [2.45, 2.75) is 50.5 Å². The van der Waals surface area contributed by atoms with E-state index in [1.807, 2.05) is 19.9 Å². The van der Waals surface area contributed by atoms with Gasteiger partial charge in [0.1, 0.15) is 5.75 Å². The van der Waals surface area contributed by atoms with Crippen LogP contribution in [0, 0.1) is 5.92 Å². The second-order valence-electron chi connectivity index (χ2n) is 7.76. The number of carbonyl (C=O) groups excluding carboxylic acids is 1. The Bertz CT molecular complexity index is 906. The number of nitrogens with one attached hydrogen (secondary N) is 1. The van der Waals surface area contributed by atoms with E-state index in [0.717, 1.165) is 25.7 Å². The second-order valence-corrected chi connectivity index (χ2v) is 9.65. The molecule has 1 saturated carbocycles. The average Bonchev–Trinajstić information content (AvgIpc) is 3.21. The average molecular weight is 417 g/mol. The molecule has 0 radical (unpaired) electrons. The molecule has 0 atom stereocenters. The summed E-state index contributed by atoms with van der Waals surface area (Å²) in [5, 5.41) is 2.62. The summed E-state index contributed by atoms with van der Waals surface area (Å²) in [6, 6.07) is 15.1. The van der Waals surface area contributed by atoms with E-state index in [1.165, 1.54) is 12.1 Å². The molecule has 7 heteroatoms. The van der Waals surface area contributed by atoms with Crippen molar-refractivity contribution in [3.63, 3.8) is 0 Å². The van der Waals surface area contributed by atoms with Crippen LogP contribution in [0.2, 0.25) is 0 Å². The number of ether oxygens (including phenoxy) is 1. The number of amides is 1. The first-order chi connectivity index (χ1) is 13.9. The number of para-hydroxylation sites is 1. The van der Waals surface area contributed by atoms with E-state index < -0.39 is 16.1 Å². The van der Waals surface area contributed by atoms with Crippen molar-refractivity contribution >= 4 is 21.8 Å². The van der Waals surface area contributed by atoms with Crippen LogP contribution >= 0.6 is 0 Å². The van der Waals surface area contributed by atoms with Gasteiger partial charge in [-0.2, -0.15) is 4.31 Å². The van der Waals surface area contributed by atoms with Gasteiger partial charge in [0.05, 0.1) is 4.90 Å². The molecule has 1 N–H and O–H groups in total. The molecular weight excluding hydrogens is 388 g/mol. The topological polar surface area (TPSA) is 75.7 Å². The van der Waals surface area contributed by atoms with Gasteiger partial charge in [0.25, 0.3) is 0 Å². The molecule has 2 aromatic carbocycles.